The highest BCUT2D eigenvalue weighted by atomic mass is 31.2. The molecule has 0 rings (SSSR count). The summed E-state index contributed by atoms with van der Waals surface area (Å²) in [5.41, 5.74) is 0. The van der Waals surface area contributed by atoms with E-state index in [1.54, 1.807) is 0 Å². The molecule has 0 aliphatic rings. The Morgan fingerprint density at radius 1 is 0.432 bits per heavy atom. The van der Waals surface area contributed by atoms with Gasteiger partial charge in [0, 0.05) is 12.8 Å². The smallest absolute Gasteiger partial charge is 0.306 e. The van der Waals surface area contributed by atoms with Gasteiger partial charge in [0.15, 0.2) is 0 Å². The lowest BCUT2D eigenvalue weighted by molar-refractivity contribution is -0.870. The quantitative estimate of drug-likeness (QED) is 0.0212. The number of amides is 1. The Balaban J connectivity index is 4.97. The lowest BCUT2D eigenvalue weighted by Crippen LogP contribution is -2.47. The lowest BCUT2D eigenvalue weighted by Gasteiger charge is -2.30. The molecule has 9 nitrogen and oxygen atoms in total. The normalized spacial score (nSPS) is 13.8. The van der Waals surface area contributed by atoms with Crippen molar-refractivity contribution in [1.29, 1.82) is 0 Å². The summed E-state index contributed by atoms with van der Waals surface area (Å²) in [6.07, 6.45) is 76.7. The van der Waals surface area contributed by atoms with Gasteiger partial charge in [0.05, 0.1) is 33.8 Å². The average Bonchev–Trinajstić information content (AvgIpc) is 3.43. The van der Waals surface area contributed by atoms with Crippen molar-refractivity contribution in [3.8, 4) is 0 Å². The van der Waals surface area contributed by atoms with Crippen LogP contribution in [0.4, 0.5) is 0 Å². The van der Waals surface area contributed by atoms with E-state index < -0.39 is 20.0 Å². The third-order valence-corrected chi connectivity index (χ3v) is 16.7. The molecule has 3 unspecified atom stereocenters. The van der Waals surface area contributed by atoms with E-state index in [9.17, 15) is 19.0 Å². The molecule has 0 aliphatic heterocycles. The molecular weight excluding hydrogens is 1020 g/mol. The third kappa shape index (κ3) is 62.3. The Kier molecular flexibility index (Phi) is 59.5. The number of esters is 1. The first-order valence-corrected chi connectivity index (χ1v) is 36.4. The van der Waals surface area contributed by atoms with Gasteiger partial charge in [-0.15, -0.1) is 0 Å². The van der Waals surface area contributed by atoms with Crippen LogP contribution < -0.4 is 10.2 Å². The van der Waals surface area contributed by atoms with Crippen LogP contribution in [0.1, 0.15) is 342 Å². The zero-order valence-electron chi connectivity index (χ0n) is 54.5. The summed E-state index contributed by atoms with van der Waals surface area (Å²) in [5.74, 6) is -0.532. The molecule has 1 amide bonds. The van der Waals surface area contributed by atoms with E-state index in [-0.39, 0.29) is 31.5 Å². The fraction of sp³-hybridized carbons (Fsp3) is 0.859. The molecule has 0 heterocycles. The number of carbonyl (C=O) groups is 2. The number of rotatable bonds is 64. The third-order valence-electron chi connectivity index (χ3n) is 15.7. The van der Waals surface area contributed by atoms with Gasteiger partial charge in [-0.3, -0.25) is 14.2 Å². The van der Waals surface area contributed by atoms with E-state index in [1.807, 2.05) is 33.3 Å². The molecule has 0 spiro atoms. The summed E-state index contributed by atoms with van der Waals surface area (Å²) in [4.78, 5) is 40.1. The van der Waals surface area contributed by atoms with Crippen LogP contribution in [0, 0.1) is 0 Å². The van der Waals surface area contributed by atoms with Gasteiger partial charge in [-0.25, -0.2) is 0 Å². The Morgan fingerprint density at radius 2 is 0.753 bits per heavy atom. The maximum absolute atomic E-state index is 13.6. The molecule has 0 aromatic heterocycles. The first-order valence-electron chi connectivity index (χ1n) is 34.9. The molecule has 0 saturated heterocycles. The molecule has 0 aromatic rings. The largest absolute Gasteiger partial charge is 0.756 e. The van der Waals surface area contributed by atoms with Crippen molar-refractivity contribution in [1.82, 2.24) is 5.32 Å². The topological polar surface area (TPSA) is 114 Å². The molecule has 0 aliphatic carbocycles. The lowest BCUT2D eigenvalue weighted by atomic mass is 10.0. The second-order valence-electron chi connectivity index (χ2n) is 25.0. The van der Waals surface area contributed by atoms with Crippen molar-refractivity contribution < 1.29 is 37.3 Å². The number of nitrogens with one attached hydrogen (secondary N) is 1. The second-order valence-corrected chi connectivity index (χ2v) is 26.4. The van der Waals surface area contributed by atoms with Crippen molar-refractivity contribution in [2.75, 3.05) is 40.9 Å². The molecule has 1 N–H and O–H groups in total. The van der Waals surface area contributed by atoms with Crippen LogP contribution in [0.3, 0.4) is 0 Å². The van der Waals surface area contributed by atoms with E-state index in [0.29, 0.717) is 17.4 Å². The van der Waals surface area contributed by atoms with Gasteiger partial charge in [0.25, 0.3) is 7.82 Å². The summed E-state index contributed by atoms with van der Waals surface area (Å²) in [6.45, 7) is 6.85. The zero-order chi connectivity index (χ0) is 59.3. The summed E-state index contributed by atoms with van der Waals surface area (Å²) in [6, 6.07) is -0.888. The monoisotopic (exact) mass is 1160 g/mol. The number of hydrogen-bond acceptors (Lipinski definition) is 7. The van der Waals surface area contributed by atoms with Gasteiger partial charge < -0.3 is 28.5 Å². The van der Waals surface area contributed by atoms with Crippen LogP contribution in [0.15, 0.2) is 48.6 Å². The summed E-state index contributed by atoms with van der Waals surface area (Å²) in [7, 11) is 1.19. The Hall–Kier alpha value is -2.03. The Labute approximate surface area is 503 Å². The minimum atomic E-state index is -4.70. The van der Waals surface area contributed by atoms with E-state index in [4.69, 9.17) is 13.8 Å². The number of quaternary nitrogens is 1. The van der Waals surface area contributed by atoms with Gasteiger partial charge in [-0.05, 0) is 89.5 Å². The van der Waals surface area contributed by atoms with Crippen molar-refractivity contribution in [3.05, 3.63) is 48.6 Å². The first-order chi connectivity index (χ1) is 39.4. The average molecular weight is 1160 g/mol. The van der Waals surface area contributed by atoms with Crippen molar-refractivity contribution in [2.45, 2.75) is 354 Å². The van der Waals surface area contributed by atoms with Crippen LogP contribution in [-0.4, -0.2) is 69.4 Å². The number of phosphoric ester groups is 1. The standard InChI is InChI=1S/C71H135N2O7P/c1-7-10-13-16-19-22-25-27-29-31-32-33-34-35-36-37-38-39-40-42-43-45-48-51-54-57-60-63-70(74)72-68(67-79-81(76,77)78-66-65-73(4,5)6)69(62-59-56-53-50-47-24-21-18-15-12-9-3)80-71(75)64-61-58-55-52-49-46-44-41-30-28-26-23-20-17-14-11-8-2/h19,22,27-30,59,62,68-69H,7-18,20-21,23-26,31-58,60-61,63-67H2,1-6H3,(H-,72,74,76,77)/b22-19-,29-27-,30-28+,62-59-. The molecule has 0 radical (unpaired) electrons. The predicted octanol–water partition coefficient (Wildman–Crippen LogP) is 21.4. The SMILES string of the molecule is CCCCC/C=C\C/C=C\CCCCCCCCCCCCCCCCCCCC(=O)NC(COP(=O)([O-])OCC[N+](C)(C)C)C(/C=C\CCCCCCCCCCC)OC(=O)CCCCCCCCC/C=C/CCCCCCCC. The summed E-state index contributed by atoms with van der Waals surface area (Å²) < 4.78 is 30.4. The van der Waals surface area contributed by atoms with Crippen LogP contribution >= 0.6 is 7.82 Å². The number of nitrogens with zero attached hydrogens (tertiary/aromatic N) is 1. The van der Waals surface area contributed by atoms with E-state index >= 15 is 0 Å². The fourth-order valence-corrected chi connectivity index (χ4v) is 11.0. The molecule has 10 heteroatoms. The Morgan fingerprint density at radius 3 is 1.15 bits per heavy atom. The number of unbranched alkanes of at least 4 members (excludes halogenated alkanes) is 42. The van der Waals surface area contributed by atoms with Crippen molar-refractivity contribution in [2.24, 2.45) is 0 Å². The molecule has 81 heavy (non-hydrogen) atoms. The van der Waals surface area contributed by atoms with E-state index in [1.165, 1.54) is 231 Å². The van der Waals surface area contributed by atoms with Crippen LogP contribution in [0.25, 0.3) is 0 Å². The van der Waals surface area contributed by atoms with Gasteiger partial charge in [-0.1, -0.05) is 288 Å². The molecule has 3 atom stereocenters. The predicted molar refractivity (Wildman–Crippen MR) is 349 cm³/mol. The molecule has 476 valence electrons. The molecule has 0 fully saturated rings. The van der Waals surface area contributed by atoms with Gasteiger partial charge in [0.2, 0.25) is 5.91 Å². The number of phosphoric acid groups is 1. The number of allylic oxidation sites excluding steroid dienone is 7. The Bertz CT molecular complexity index is 1520. The molecule has 0 bridgehead atoms. The molecular formula is C71H135N2O7P. The number of carbonyl (C=O) groups excluding carboxylic acids is 2. The van der Waals surface area contributed by atoms with E-state index in [0.717, 1.165) is 77.0 Å². The van der Waals surface area contributed by atoms with Crippen molar-refractivity contribution in [3.63, 3.8) is 0 Å². The van der Waals surface area contributed by atoms with Gasteiger partial charge in [0.1, 0.15) is 19.3 Å². The highest BCUT2D eigenvalue weighted by Gasteiger charge is 2.27. The minimum Gasteiger partial charge on any atom is -0.756 e. The highest BCUT2D eigenvalue weighted by molar-refractivity contribution is 7.45. The number of likely N-dealkylation sites (N-methyl/N-ethyl adjacent to an activating group) is 1. The maximum Gasteiger partial charge on any atom is 0.306 e. The molecule has 0 saturated carbocycles. The van der Waals surface area contributed by atoms with Crippen LogP contribution in [-0.2, 0) is 27.9 Å². The minimum absolute atomic E-state index is 0.0214. The zero-order valence-corrected chi connectivity index (χ0v) is 55.4. The van der Waals surface area contributed by atoms with Gasteiger partial charge in [-0.2, -0.15) is 0 Å². The summed E-state index contributed by atoms with van der Waals surface area (Å²) in [5, 5.41) is 3.04. The summed E-state index contributed by atoms with van der Waals surface area (Å²) >= 11 is 0. The fourth-order valence-electron chi connectivity index (χ4n) is 10.3. The molecule has 0 aromatic carbocycles. The van der Waals surface area contributed by atoms with Gasteiger partial charge >= 0.3 is 5.97 Å². The van der Waals surface area contributed by atoms with Crippen LogP contribution in [0.2, 0.25) is 0 Å². The number of hydrogen-bond donors (Lipinski definition) is 1. The van der Waals surface area contributed by atoms with Crippen molar-refractivity contribution >= 4 is 19.7 Å². The second kappa shape index (κ2) is 61.1. The van der Waals surface area contributed by atoms with E-state index in [2.05, 4.69) is 62.5 Å². The van der Waals surface area contributed by atoms with Crippen LogP contribution in [0.5, 0.6) is 0 Å². The first kappa shape index (κ1) is 79.0. The number of ether oxygens (including phenoxy) is 1. The highest BCUT2D eigenvalue weighted by Crippen LogP contribution is 2.38. The maximum atomic E-state index is 13.6.